The van der Waals surface area contributed by atoms with Gasteiger partial charge >= 0.3 is 5.97 Å². The Kier molecular flexibility index (Phi) is 5.51. The average molecular weight is 413 g/mol. The van der Waals surface area contributed by atoms with E-state index in [1.165, 1.54) is 18.2 Å². The van der Waals surface area contributed by atoms with Gasteiger partial charge in [0.2, 0.25) is 0 Å². The molecule has 8 heteroatoms. The van der Waals surface area contributed by atoms with E-state index >= 15 is 0 Å². The Balaban J connectivity index is 1.55. The van der Waals surface area contributed by atoms with Crippen molar-refractivity contribution in [3.05, 3.63) is 75.6 Å². The van der Waals surface area contributed by atoms with Gasteiger partial charge in [0.15, 0.2) is 5.69 Å². The van der Waals surface area contributed by atoms with Crippen LogP contribution in [0.5, 0.6) is 5.75 Å². The third-order valence-electron chi connectivity index (χ3n) is 5.00. The Morgan fingerprint density at radius 3 is 2.55 bits per heavy atom. The second-order valence-electron chi connectivity index (χ2n) is 6.94. The number of benzene rings is 2. The molecule has 150 valence electrons. The molecular weight excluding hydrogens is 392 g/mol. The fourth-order valence-electron chi connectivity index (χ4n) is 3.55. The summed E-state index contributed by atoms with van der Waals surface area (Å²) >= 11 is 6.10. The molecule has 1 aromatic heterocycles. The molecule has 0 atom stereocenters. The summed E-state index contributed by atoms with van der Waals surface area (Å²) in [5, 5.41) is 9.22. The van der Waals surface area contributed by atoms with Crippen LogP contribution in [-0.2, 0) is 30.9 Å². The number of esters is 1. The predicted molar refractivity (Wildman–Crippen MR) is 108 cm³/mol. The fourth-order valence-corrected chi connectivity index (χ4v) is 3.74. The molecule has 4 rings (SSSR count). The van der Waals surface area contributed by atoms with Crippen molar-refractivity contribution in [1.82, 2.24) is 19.9 Å². The first-order valence-electron chi connectivity index (χ1n) is 9.20. The minimum atomic E-state index is -0.446. The van der Waals surface area contributed by atoms with Gasteiger partial charge in [-0.15, -0.1) is 5.10 Å². The van der Waals surface area contributed by atoms with Crippen LogP contribution >= 0.6 is 11.6 Å². The number of methoxy groups -OCH3 is 2. The molecule has 0 aliphatic carbocycles. The van der Waals surface area contributed by atoms with E-state index in [0.29, 0.717) is 24.5 Å². The molecule has 1 aliphatic heterocycles. The standard InChI is InChI=1S/C21H21ClN4O3/c1-28-18-7-3-14(4-8-18)10-26-20(21(27)29-2)19(23-24-26)13-25-11-15-5-6-17(22)9-16(15)12-25/h3-9H,10-13H2,1-2H3. The van der Waals surface area contributed by atoms with Crippen LogP contribution in [0.15, 0.2) is 42.5 Å². The number of hydrogen-bond donors (Lipinski definition) is 0. The zero-order valence-electron chi connectivity index (χ0n) is 16.3. The average Bonchev–Trinajstić information content (AvgIpc) is 3.31. The molecule has 0 radical (unpaired) electrons. The quantitative estimate of drug-likeness (QED) is 0.579. The molecule has 0 saturated heterocycles. The Hall–Kier alpha value is -2.90. The molecule has 2 heterocycles. The highest BCUT2D eigenvalue weighted by molar-refractivity contribution is 6.30. The predicted octanol–water partition coefficient (Wildman–Crippen LogP) is 3.29. The lowest BCUT2D eigenvalue weighted by Crippen LogP contribution is -2.20. The Bertz CT molecular complexity index is 1030. The summed E-state index contributed by atoms with van der Waals surface area (Å²) in [4.78, 5) is 14.7. The van der Waals surface area contributed by atoms with E-state index in [2.05, 4.69) is 15.2 Å². The first-order chi connectivity index (χ1) is 14.1. The highest BCUT2D eigenvalue weighted by atomic mass is 35.5. The van der Waals surface area contributed by atoms with Crippen molar-refractivity contribution in [2.45, 2.75) is 26.2 Å². The number of halogens is 1. The summed E-state index contributed by atoms with van der Waals surface area (Å²) in [6.45, 7) is 2.44. The third kappa shape index (κ3) is 4.11. The van der Waals surface area contributed by atoms with E-state index in [4.69, 9.17) is 21.1 Å². The van der Waals surface area contributed by atoms with E-state index in [0.717, 1.165) is 29.4 Å². The molecule has 0 unspecified atom stereocenters. The molecule has 0 spiro atoms. The van der Waals surface area contributed by atoms with E-state index in [9.17, 15) is 4.79 Å². The minimum absolute atomic E-state index is 0.373. The molecule has 0 amide bonds. The number of hydrogen-bond acceptors (Lipinski definition) is 6. The van der Waals surface area contributed by atoms with Crippen molar-refractivity contribution < 1.29 is 14.3 Å². The summed E-state index contributed by atoms with van der Waals surface area (Å²) < 4.78 is 11.8. The maximum Gasteiger partial charge on any atom is 0.358 e. The van der Waals surface area contributed by atoms with Gasteiger partial charge in [-0.1, -0.05) is 35.0 Å². The lowest BCUT2D eigenvalue weighted by molar-refractivity contribution is 0.0584. The van der Waals surface area contributed by atoms with Gasteiger partial charge in [0.05, 0.1) is 20.8 Å². The molecular formula is C21H21ClN4O3. The maximum atomic E-state index is 12.5. The zero-order chi connectivity index (χ0) is 20.4. The van der Waals surface area contributed by atoms with Gasteiger partial charge in [0.25, 0.3) is 0 Å². The molecule has 0 saturated carbocycles. The number of carbonyl (C=O) groups excluding carboxylic acids is 1. The summed E-state index contributed by atoms with van der Waals surface area (Å²) in [7, 11) is 2.99. The van der Waals surface area contributed by atoms with Gasteiger partial charge < -0.3 is 9.47 Å². The highest BCUT2D eigenvalue weighted by Gasteiger charge is 2.26. The summed E-state index contributed by atoms with van der Waals surface area (Å²) in [5.74, 6) is 0.327. The highest BCUT2D eigenvalue weighted by Crippen LogP contribution is 2.27. The van der Waals surface area contributed by atoms with Gasteiger partial charge in [-0.25, -0.2) is 9.48 Å². The maximum absolute atomic E-state index is 12.5. The van der Waals surface area contributed by atoms with Crippen LogP contribution in [0.2, 0.25) is 5.02 Å². The summed E-state index contributed by atoms with van der Waals surface area (Å²) in [6, 6.07) is 13.5. The summed E-state index contributed by atoms with van der Waals surface area (Å²) in [5.41, 5.74) is 4.39. The van der Waals surface area contributed by atoms with Crippen LogP contribution in [0.4, 0.5) is 0 Å². The lowest BCUT2D eigenvalue weighted by atomic mass is 10.1. The van der Waals surface area contributed by atoms with Crippen molar-refractivity contribution >= 4 is 17.6 Å². The van der Waals surface area contributed by atoms with E-state index in [-0.39, 0.29) is 0 Å². The van der Waals surface area contributed by atoms with Crippen LogP contribution < -0.4 is 4.74 Å². The molecule has 29 heavy (non-hydrogen) atoms. The lowest BCUT2D eigenvalue weighted by Gasteiger charge is -2.14. The Morgan fingerprint density at radius 1 is 1.07 bits per heavy atom. The van der Waals surface area contributed by atoms with Crippen molar-refractivity contribution in [3.8, 4) is 5.75 Å². The Morgan fingerprint density at radius 2 is 1.83 bits per heavy atom. The van der Waals surface area contributed by atoms with Crippen molar-refractivity contribution in [2.75, 3.05) is 14.2 Å². The van der Waals surface area contributed by atoms with Crippen LogP contribution in [0.1, 0.15) is 32.9 Å². The molecule has 1 aliphatic rings. The second-order valence-corrected chi connectivity index (χ2v) is 7.38. The Labute approximate surface area is 173 Å². The first-order valence-corrected chi connectivity index (χ1v) is 9.58. The van der Waals surface area contributed by atoms with Crippen LogP contribution in [0.3, 0.4) is 0 Å². The smallest absolute Gasteiger partial charge is 0.358 e. The van der Waals surface area contributed by atoms with Crippen molar-refractivity contribution in [3.63, 3.8) is 0 Å². The van der Waals surface area contributed by atoms with Crippen molar-refractivity contribution in [2.24, 2.45) is 0 Å². The van der Waals surface area contributed by atoms with Crippen molar-refractivity contribution in [1.29, 1.82) is 0 Å². The fraction of sp³-hybridized carbons (Fsp3) is 0.286. The van der Waals surface area contributed by atoms with E-state index in [1.54, 1.807) is 11.8 Å². The second kappa shape index (κ2) is 8.23. The van der Waals surface area contributed by atoms with Gasteiger partial charge in [-0.3, -0.25) is 4.90 Å². The van der Waals surface area contributed by atoms with E-state index in [1.807, 2.05) is 42.5 Å². The van der Waals surface area contributed by atoms with Gasteiger partial charge in [-0.2, -0.15) is 0 Å². The topological polar surface area (TPSA) is 69.5 Å². The van der Waals surface area contributed by atoms with Gasteiger partial charge in [0.1, 0.15) is 11.4 Å². The van der Waals surface area contributed by atoms with Gasteiger partial charge in [0, 0.05) is 24.7 Å². The van der Waals surface area contributed by atoms with Gasteiger partial charge in [-0.05, 0) is 41.0 Å². The molecule has 0 N–H and O–H groups in total. The van der Waals surface area contributed by atoms with E-state index < -0.39 is 5.97 Å². The SMILES string of the molecule is COC(=O)c1c(CN2Cc3ccc(Cl)cc3C2)nnn1Cc1ccc(OC)cc1. The van der Waals surface area contributed by atoms with Crippen LogP contribution in [0, 0.1) is 0 Å². The third-order valence-corrected chi connectivity index (χ3v) is 5.24. The first kappa shape index (κ1) is 19.4. The number of ether oxygens (including phenoxy) is 2. The molecule has 7 nitrogen and oxygen atoms in total. The zero-order valence-corrected chi connectivity index (χ0v) is 17.0. The summed E-state index contributed by atoms with van der Waals surface area (Å²) in [6.07, 6.45) is 0. The number of carbonyl (C=O) groups is 1. The molecule has 2 aromatic carbocycles. The van der Waals surface area contributed by atoms with Crippen LogP contribution in [-0.4, -0.2) is 40.1 Å². The number of nitrogens with zero attached hydrogens (tertiary/aromatic N) is 4. The monoisotopic (exact) mass is 412 g/mol. The van der Waals surface area contributed by atoms with Crippen LogP contribution in [0.25, 0.3) is 0 Å². The number of fused-ring (bicyclic) bond motifs is 1. The molecule has 0 fully saturated rings. The largest absolute Gasteiger partial charge is 0.497 e. The normalized spacial score (nSPS) is 13.3. The molecule has 0 bridgehead atoms. The number of rotatable bonds is 6. The minimum Gasteiger partial charge on any atom is -0.497 e. The molecule has 3 aromatic rings. The number of aromatic nitrogens is 3.